The number of carbonyl (C=O) groups excluding carboxylic acids is 1. The Bertz CT molecular complexity index is 232. The summed E-state index contributed by atoms with van der Waals surface area (Å²) in [5.41, 5.74) is 5.68. The zero-order valence-electron chi connectivity index (χ0n) is 10.2. The molecular weight excluding hydrogens is 200 g/mol. The van der Waals surface area contributed by atoms with Crippen molar-refractivity contribution < 1.29 is 4.79 Å². The fourth-order valence-corrected chi connectivity index (χ4v) is 2.20. The van der Waals surface area contributed by atoms with Gasteiger partial charge in [0.25, 0.3) is 0 Å². The molecule has 92 valence electrons. The third-order valence-electron chi connectivity index (χ3n) is 3.46. The highest BCUT2D eigenvalue weighted by molar-refractivity contribution is 5.81. The maximum Gasteiger partial charge on any atom is 0.237 e. The van der Waals surface area contributed by atoms with E-state index in [-0.39, 0.29) is 5.91 Å². The molecule has 0 radical (unpaired) electrons. The molecule has 1 saturated carbocycles. The Kier molecular flexibility index (Phi) is 5.53. The van der Waals surface area contributed by atoms with Crippen molar-refractivity contribution in [2.75, 3.05) is 6.54 Å². The molecule has 0 aromatic rings. The van der Waals surface area contributed by atoms with Crippen molar-refractivity contribution in [3.8, 4) is 0 Å². The van der Waals surface area contributed by atoms with Crippen LogP contribution < -0.4 is 11.1 Å². The van der Waals surface area contributed by atoms with Crippen LogP contribution in [0.1, 0.15) is 39.0 Å². The maximum absolute atomic E-state index is 11.6. The molecule has 0 spiro atoms. The number of hydrogen-bond acceptors (Lipinski definition) is 2. The maximum atomic E-state index is 11.6. The van der Waals surface area contributed by atoms with Gasteiger partial charge in [-0.3, -0.25) is 4.79 Å². The topological polar surface area (TPSA) is 55.1 Å². The molecule has 1 aliphatic rings. The minimum absolute atomic E-state index is 0.0430. The molecule has 0 heterocycles. The van der Waals surface area contributed by atoms with Gasteiger partial charge in [0, 0.05) is 6.54 Å². The standard InChI is InChI=1S/C13H24N2O/c1-3-4-12(14)13(16)15-9-11-7-5-10(2)6-8-11/h3,10-12H,1,4-9,14H2,2H3,(H,15,16). The van der Waals surface area contributed by atoms with Crippen molar-refractivity contribution >= 4 is 5.91 Å². The first-order valence-corrected chi connectivity index (χ1v) is 6.27. The zero-order chi connectivity index (χ0) is 12.0. The summed E-state index contributed by atoms with van der Waals surface area (Å²) in [6, 6.07) is -0.431. The molecule has 0 aliphatic heterocycles. The van der Waals surface area contributed by atoms with E-state index in [2.05, 4.69) is 18.8 Å². The highest BCUT2D eigenvalue weighted by Gasteiger charge is 2.19. The summed E-state index contributed by atoms with van der Waals surface area (Å²) in [4.78, 5) is 11.6. The number of hydrogen-bond donors (Lipinski definition) is 2. The summed E-state index contributed by atoms with van der Waals surface area (Å²) in [6.07, 6.45) is 7.29. The second kappa shape index (κ2) is 6.69. The van der Waals surface area contributed by atoms with Crippen LogP contribution in [0.5, 0.6) is 0 Å². The molecule has 1 unspecified atom stereocenters. The quantitative estimate of drug-likeness (QED) is 0.700. The van der Waals surface area contributed by atoms with Gasteiger partial charge in [0.2, 0.25) is 5.91 Å². The smallest absolute Gasteiger partial charge is 0.237 e. The van der Waals surface area contributed by atoms with E-state index in [1.807, 2.05) is 0 Å². The van der Waals surface area contributed by atoms with Gasteiger partial charge in [-0.1, -0.05) is 25.8 Å². The fourth-order valence-electron chi connectivity index (χ4n) is 2.20. The van der Waals surface area contributed by atoms with E-state index in [9.17, 15) is 4.79 Å². The van der Waals surface area contributed by atoms with Crippen molar-refractivity contribution in [2.45, 2.75) is 45.1 Å². The molecule has 16 heavy (non-hydrogen) atoms. The highest BCUT2D eigenvalue weighted by Crippen LogP contribution is 2.27. The third kappa shape index (κ3) is 4.35. The molecule has 1 atom stereocenters. The van der Waals surface area contributed by atoms with Crippen LogP contribution in [0.15, 0.2) is 12.7 Å². The van der Waals surface area contributed by atoms with Crippen molar-refractivity contribution in [3.05, 3.63) is 12.7 Å². The highest BCUT2D eigenvalue weighted by atomic mass is 16.2. The van der Waals surface area contributed by atoms with Crippen molar-refractivity contribution in [1.82, 2.24) is 5.32 Å². The van der Waals surface area contributed by atoms with Gasteiger partial charge in [0.1, 0.15) is 0 Å². The molecule has 0 saturated heterocycles. The number of rotatable bonds is 5. The Balaban J connectivity index is 2.18. The van der Waals surface area contributed by atoms with Gasteiger partial charge < -0.3 is 11.1 Å². The summed E-state index contributed by atoms with van der Waals surface area (Å²) in [7, 11) is 0. The van der Waals surface area contributed by atoms with Crippen molar-refractivity contribution in [1.29, 1.82) is 0 Å². The first-order chi connectivity index (χ1) is 7.63. The molecule has 3 N–H and O–H groups in total. The van der Waals surface area contributed by atoms with Crippen molar-refractivity contribution in [2.24, 2.45) is 17.6 Å². The lowest BCUT2D eigenvalue weighted by Gasteiger charge is -2.26. The Labute approximate surface area is 98.5 Å². The van der Waals surface area contributed by atoms with Gasteiger partial charge in [-0.2, -0.15) is 0 Å². The molecule has 0 bridgehead atoms. The lowest BCUT2D eigenvalue weighted by molar-refractivity contribution is -0.122. The molecule has 1 amide bonds. The van der Waals surface area contributed by atoms with Gasteiger partial charge in [-0.25, -0.2) is 0 Å². The normalized spacial score (nSPS) is 27.1. The van der Waals surface area contributed by atoms with Gasteiger partial charge in [-0.15, -0.1) is 6.58 Å². The molecular formula is C13H24N2O. The zero-order valence-corrected chi connectivity index (χ0v) is 10.2. The van der Waals surface area contributed by atoms with Gasteiger partial charge in [0.15, 0.2) is 0 Å². The lowest BCUT2D eigenvalue weighted by Crippen LogP contribution is -2.42. The molecule has 3 nitrogen and oxygen atoms in total. The molecule has 0 aromatic carbocycles. The van der Waals surface area contributed by atoms with Gasteiger partial charge >= 0.3 is 0 Å². The second-order valence-corrected chi connectivity index (χ2v) is 5.00. The van der Waals surface area contributed by atoms with E-state index < -0.39 is 6.04 Å². The molecule has 0 aromatic heterocycles. The second-order valence-electron chi connectivity index (χ2n) is 5.00. The summed E-state index contributed by atoms with van der Waals surface area (Å²) in [5, 5.41) is 2.94. The van der Waals surface area contributed by atoms with Crippen LogP contribution >= 0.6 is 0 Å². The minimum atomic E-state index is -0.431. The SMILES string of the molecule is C=CCC(N)C(=O)NCC1CCC(C)CC1. The Hall–Kier alpha value is -0.830. The van der Waals surface area contributed by atoms with E-state index in [0.29, 0.717) is 12.3 Å². The monoisotopic (exact) mass is 224 g/mol. The van der Waals surface area contributed by atoms with Crippen LogP contribution in [0.2, 0.25) is 0 Å². The third-order valence-corrected chi connectivity index (χ3v) is 3.46. The molecule has 1 rings (SSSR count). The van der Waals surface area contributed by atoms with Crippen LogP contribution in [-0.2, 0) is 4.79 Å². The first kappa shape index (κ1) is 13.2. The van der Waals surface area contributed by atoms with Crippen molar-refractivity contribution in [3.63, 3.8) is 0 Å². The Morgan fingerprint density at radius 2 is 2.12 bits per heavy atom. The molecule has 1 aliphatic carbocycles. The van der Waals surface area contributed by atoms with E-state index in [0.717, 1.165) is 12.5 Å². The van der Waals surface area contributed by atoms with Crippen LogP contribution in [0.3, 0.4) is 0 Å². The average Bonchev–Trinajstić information content (AvgIpc) is 2.28. The van der Waals surface area contributed by atoms with E-state index in [1.165, 1.54) is 25.7 Å². The lowest BCUT2D eigenvalue weighted by atomic mass is 9.83. The largest absolute Gasteiger partial charge is 0.354 e. The van der Waals surface area contributed by atoms with Gasteiger partial charge in [0.05, 0.1) is 6.04 Å². The molecule has 1 fully saturated rings. The fraction of sp³-hybridized carbons (Fsp3) is 0.769. The number of carbonyl (C=O) groups is 1. The van der Waals surface area contributed by atoms with Crippen LogP contribution in [0, 0.1) is 11.8 Å². The number of nitrogens with two attached hydrogens (primary N) is 1. The summed E-state index contributed by atoms with van der Waals surface area (Å²) in [6.45, 7) is 6.67. The van der Waals surface area contributed by atoms with E-state index in [1.54, 1.807) is 6.08 Å². The average molecular weight is 224 g/mol. The first-order valence-electron chi connectivity index (χ1n) is 6.27. The minimum Gasteiger partial charge on any atom is -0.354 e. The Morgan fingerprint density at radius 3 is 2.69 bits per heavy atom. The predicted molar refractivity (Wildman–Crippen MR) is 66.9 cm³/mol. The van der Waals surface area contributed by atoms with Crippen LogP contribution in [-0.4, -0.2) is 18.5 Å². The van der Waals surface area contributed by atoms with Crippen LogP contribution in [0.25, 0.3) is 0 Å². The molecule has 3 heteroatoms. The van der Waals surface area contributed by atoms with Gasteiger partial charge in [-0.05, 0) is 31.1 Å². The number of amides is 1. The summed E-state index contributed by atoms with van der Waals surface area (Å²) < 4.78 is 0. The Morgan fingerprint density at radius 1 is 1.50 bits per heavy atom. The van der Waals surface area contributed by atoms with E-state index in [4.69, 9.17) is 5.73 Å². The predicted octanol–water partition coefficient (Wildman–Crippen LogP) is 1.83. The summed E-state index contributed by atoms with van der Waals surface area (Å²) >= 11 is 0. The van der Waals surface area contributed by atoms with Crippen LogP contribution in [0.4, 0.5) is 0 Å². The van der Waals surface area contributed by atoms with E-state index >= 15 is 0 Å². The summed E-state index contributed by atoms with van der Waals surface area (Å²) in [5.74, 6) is 1.46. The number of nitrogens with one attached hydrogen (secondary N) is 1.